The molecule has 1 unspecified atom stereocenters. The number of anilines is 2. The zero-order valence-corrected chi connectivity index (χ0v) is 17.8. The van der Waals surface area contributed by atoms with Gasteiger partial charge in [-0.2, -0.15) is 0 Å². The van der Waals surface area contributed by atoms with Crippen molar-refractivity contribution < 1.29 is 14.3 Å². The number of benzene rings is 2. The number of aromatic nitrogens is 2. The molecule has 1 aromatic heterocycles. The molecule has 0 aliphatic heterocycles. The monoisotopic (exact) mass is 428 g/mol. The Morgan fingerprint density at radius 3 is 2.62 bits per heavy atom. The van der Waals surface area contributed by atoms with Crippen molar-refractivity contribution >= 4 is 45.7 Å². The van der Waals surface area contributed by atoms with E-state index in [0.717, 1.165) is 9.90 Å². The summed E-state index contributed by atoms with van der Waals surface area (Å²) in [7, 11) is 1.56. The van der Waals surface area contributed by atoms with E-state index >= 15 is 0 Å². The first-order chi connectivity index (χ1) is 13.9. The summed E-state index contributed by atoms with van der Waals surface area (Å²) in [5.74, 6) is 0.230. The zero-order chi connectivity index (χ0) is 20.8. The lowest BCUT2D eigenvalue weighted by molar-refractivity contribution is -0.115. The van der Waals surface area contributed by atoms with Crippen molar-refractivity contribution in [3.05, 3.63) is 59.1 Å². The van der Waals surface area contributed by atoms with Crippen molar-refractivity contribution in [2.45, 2.75) is 24.0 Å². The standard InChI is InChI=1S/C20H20N4O3S2/c1-12(18(25)22-20-24-23-13(2)29-20)28-17-9-5-7-15(11-17)21-19(26)14-6-4-8-16(10-14)27-3/h4-12H,1-3H3,(H,21,26)(H,22,24,25). The van der Waals surface area contributed by atoms with Crippen molar-refractivity contribution in [3.63, 3.8) is 0 Å². The third-order valence-corrected chi connectivity index (χ3v) is 5.71. The fourth-order valence-electron chi connectivity index (χ4n) is 2.43. The molecule has 0 aliphatic carbocycles. The van der Waals surface area contributed by atoms with Crippen LogP contribution in [0.3, 0.4) is 0 Å². The number of rotatable bonds is 7. The predicted octanol–water partition coefficient (Wildman–Crippen LogP) is 4.23. The average molecular weight is 429 g/mol. The summed E-state index contributed by atoms with van der Waals surface area (Å²) in [6, 6.07) is 14.3. The van der Waals surface area contributed by atoms with E-state index < -0.39 is 0 Å². The third-order valence-electron chi connectivity index (χ3n) is 3.86. The first-order valence-electron chi connectivity index (χ1n) is 8.77. The molecule has 0 radical (unpaired) electrons. The number of nitrogens with one attached hydrogen (secondary N) is 2. The second kappa shape index (κ2) is 9.53. The van der Waals surface area contributed by atoms with Gasteiger partial charge in [-0.3, -0.25) is 14.9 Å². The van der Waals surface area contributed by atoms with E-state index in [4.69, 9.17) is 4.74 Å². The maximum absolute atomic E-state index is 12.5. The summed E-state index contributed by atoms with van der Waals surface area (Å²) in [6.07, 6.45) is 0. The smallest absolute Gasteiger partial charge is 0.255 e. The lowest BCUT2D eigenvalue weighted by Crippen LogP contribution is -2.22. The molecule has 9 heteroatoms. The Morgan fingerprint density at radius 2 is 1.90 bits per heavy atom. The quantitative estimate of drug-likeness (QED) is 0.547. The Morgan fingerprint density at radius 1 is 1.10 bits per heavy atom. The predicted molar refractivity (Wildman–Crippen MR) is 116 cm³/mol. The summed E-state index contributed by atoms with van der Waals surface area (Å²) >= 11 is 2.72. The molecule has 150 valence electrons. The minimum atomic E-state index is -0.344. The van der Waals surface area contributed by atoms with Gasteiger partial charge in [-0.05, 0) is 50.2 Å². The van der Waals surface area contributed by atoms with Crippen LogP contribution in [0.25, 0.3) is 0 Å². The van der Waals surface area contributed by atoms with Gasteiger partial charge in [-0.1, -0.05) is 23.5 Å². The van der Waals surface area contributed by atoms with Crippen molar-refractivity contribution in [1.29, 1.82) is 0 Å². The lowest BCUT2D eigenvalue weighted by Gasteiger charge is -2.12. The van der Waals surface area contributed by atoms with Gasteiger partial charge in [0.05, 0.1) is 12.4 Å². The fourth-order valence-corrected chi connectivity index (χ4v) is 3.95. The van der Waals surface area contributed by atoms with Gasteiger partial charge >= 0.3 is 0 Å². The molecule has 0 spiro atoms. The van der Waals surface area contributed by atoms with Gasteiger partial charge in [0.2, 0.25) is 11.0 Å². The van der Waals surface area contributed by atoms with Gasteiger partial charge in [0.1, 0.15) is 10.8 Å². The molecule has 2 aromatic carbocycles. The molecule has 0 saturated carbocycles. The van der Waals surface area contributed by atoms with Crippen LogP contribution >= 0.6 is 23.1 Å². The molecule has 29 heavy (non-hydrogen) atoms. The van der Waals surface area contributed by atoms with Crippen molar-refractivity contribution in [2.24, 2.45) is 0 Å². The number of carbonyl (C=O) groups excluding carboxylic acids is 2. The number of aryl methyl sites for hydroxylation is 1. The average Bonchev–Trinajstić information content (AvgIpc) is 3.12. The Kier molecular flexibility index (Phi) is 6.84. The van der Waals surface area contributed by atoms with Crippen LogP contribution in [0.5, 0.6) is 5.75 Å². The van der Waals surface area contributed by atoms with Crippen LogP contribution in [0.2, 0.25) is 0 Å². The Hall–Kier alpha value is -2.91. The van der Waals surface area contributed by atoms with E-state index in [2.05, 4.69) is 20.8 Å². The minimum absolute atomic E-state index is 0.156. The molecule has 0 saturated heterocycles. The number of hydrogen-bond acceptors (Lipinski definition) is 7. The summed E-state index contributed by atoms with van der Waals surface area (Å²) in [6.45, 7) is 3.65. The first kappa shape index (κ1) is 20.8. The minimum Gasteiger partial charge on any atom is -0.497 e. The van der Waals surface area contributed by atoms with Crippen molar-refractivity contribution in [3.8, 4) is 5.75 Å². The van der Waals surface area contributed by atoms with E-state index in [1.165, 1.54) is 23.1 Å². The summed E-state index contributed by atoms with van der Waals surface area (Å²) < 4.78 is 5.16. The Balaban J connectivity index is 1.62. The number of carbonyl (C=O) groups is 2. The number of thioether (sulfide) groups is 1. The van der Waals surface area contributed by atoms with Crippen LogP contribution in [0.1, 0.15) is 22.3 Å². The topological polar surface area (TPSA) is 93.2 Å². The molecule has 1 atom stereocenters. The summed E-state index contributed by atoms with van der Waals surface area (Å²) in [5, 5.41) is 14.4. The molecule has 1 heterocycles. The van der Waals surface area contributed by atoms with E-state index in [-0.39, 0.29) is 17.1 Å². The molecule has 2 amide bonds. The van der Waals surface area contributed by atoms with E-state index in [1.807, 2.05) is 32.0 Å². The van der Waals surface area contributed by atoms with Crippen molar-refractivity contribution in [1.82, 2.24) is 10.2 Å². The van der Waals surface area contributed by atoms with Crippen molar-refractivity contribution in [2.75, 3.05) is 17.7 Å². The largest absolute Gasteiger partial charge is 0.497 e. The number of methoxy groups -OCH3 is 1. The van der Waals surface area contributed by atoms with Gasteiger partial charge in [0.15, 0.2) is 0 Å². The normalized spacial score (nSPS) is 11.6. The molecule has 0 bridgehead atoms. The number of amides is 2. The summed E-state index contributed by atoms with van der Waals surface area (Å²) in [4.78, 5) is 25.7. The van der Waals surface area contributed by atoms with Crippen LogP contribution in [0, 0.1) is 6.92 Å². The van der Waals surface area contributed by atoms with Crippen LogP contribution in [-0.2, 0) is 4.79 Å². The van der Waals surface area contributed by atoms with E-state index in [9.17, 15) is 9.59 Å². The van der Waals surface area contributed by atoms with Gasteiger partial charge in [-0.25, -0.2) is 0 Å². The Labute approximate surface area is 176 Å². The number of hydrogen-bond donors (Lipinski definition) is 2. The highest BCUT2D eigenvalue weighted by Gasteiger charge is 2.17. The highest BCUT2D eigenvalue weighted by Crippen LogP contribution is 2.27. The zero-order valence-electron chi connectivity index (χ0n) is 16.1. The first-order valence-corrected chi connectivity index (χ1v) is 10.5. The van der Waals surface area contributed by atoms with Gasteiger partial charge in [-0.15, -0.1) is 22.0 Å². The van der Waals surface area contributed by atoms with Crippen LogP contribution < -0.4 is 15.4 Å². The maximum atomic E-state index is 12.5. The van der Waals surface area contributed by atoms with Crippen LogP contribution in [0.4, 0.5) is 10.8 Å². The van der Waals surface area contributed by atoms with Crippen LogP contribution in [-0.4, -0.2) is 34.4 Å². The highest BCUT2D eigenvalue weighted by molar-refractivity contribution is 8.00. The summed E-state index contributed by atoms with van der Waals surface area (Å²) in [5.41, 5.74) is 1.15. The second-order valence-corrected chi connectivity index (χ2v) is 8.69. The van der Waals surface area contributed by atoms with Gasteiger partial charge < -0.3 is 10.1 Å². The fraction of sp³-hybridized carbons (Fsp3) is 0.200. The van der Waals surface area contributed by atoms with Crippen LogP contribution in [0.15, 0.2) is 53.4 Å². The number of nitrogens with zero attached hydrogens (tertiary/aromatic N) is 2. The molecule has 2 N–H and O–H groups in total. The Bertz CT molecular complexity index is 1020. The van der Waals surface area contributed by atoms with Gasteiger partial charge in [0.25, 0.3) is 5.91 Å². The SMILES string of the molecule is COc1cccc(C(=O)Nc2cccc(SC(C)C(=O)Nc3nnc(C)s3)c2)c1. The molecular formula is C20H20N4O3S2. The lowest BCUT2D eigenvalue weighted by atomic mass is 10.2. The third kappa shape index (κ3) is 5.78. The molecule has 3 rings (SSSR count). The maximum Gasteiger partial charge on any atom is 0.255 e. The molecule has 3 aromatic rings. The van der Waals surface area contributed by atoms with E-state index in [0.29, 0.717) is 22.1 Å². The molecule has 0 aliphatic rings. The van der Waals surface area contributed by atoms with E-state index in [1.54, 1.807) is 37.4 Å². The second-order valence-electron chi connectivity index (χ2n) is 6.09. The number of ether oxygens (including phenoxy) is 1. The molecule has 0 fully saturated rings. The molecular weight excluding hydrogens is 408 g/mol. The molecule has 7 nitrogen and oxygen atoms in total. The van der Waals surface area contributed by atoms with Gasteiger partial charge in [0, 0.05) is 16.1 Å². The highest BCUT2D eigenvalue weighted by atomic mass is 32.2.